The number of carbonyl (C=O) groups excluding carboxylic acids is 5. The van der Waals surface area contributed by atoms with Gasteiger partial charge in [0.05, 0.1) is 27.8 Å². The lowest BCUT2D eigenvalue weighted by molar-refractivity contribution is -0.282. The molecule has 5 atom stereocenters. The summed E-state index contributed by atoms with van der Waals surface area (Å²) in [6.07, 6.45) is -2.56. The fraction of sp³-hybridized carbons (Fsp3) is 0.172. The minimum absolute atomic E-state index is 0.00655. The van der Waals surface area contributed by atoms with E-state index in [1.54, 1.807) is 0 Å². The second-order valence-electron chi connectivity index (χ2n) is 33.5. The Kier molecular flexibility index (Phi) is 36.2. The summed E-state index contributed by atoms with van der Waals surface area (Å²) in [6, 6.07) is 93.7. The molecular formula is C122H108O26. The lowest BCUT2D eigenvalue weighted by atomic mass is 9.90. The molecule has 2 heterocycles. The molecule has 1 fully saturated rings. The highest BCUT2D eigenvalue weighted by molar-refractivity contribution is 6.09. The molecule has 752 valence electrons. The fourth-order valence-electron chi connectivity index (χ4n) is 15.9. The molecular weight excluding hydrogens is 1880 g/mol. The van der Waals surface area contributed by atoms with Crippen molar-refractivity contribution >= 4 is 29.8 Å². The Morgan fingerprint density at radius 2 is 0.473 bits per heavy atom. The molecule has 0 aliphatic carbocycles. The van der Waals surface area contributed by atoms with Crippen LogP contribution in [0.25, 0.3) is 11.1 Å². The summed E-state index contributed by atoms with van der Waals surface area (Å²) in [7, 11) is 0. The van der Waals surface area contributed by atoms with Gasteiger partial charge in [-0.1, -0.05) is 349 Å². The van der Waals surface area contributed by atoms with Gasteiger partial charge in [0.2, 0.25) is 41.1 Å². The highest BCUT2D eigenvalue weighted by Crippen LogP contribution is 2.57. The van der Waals surface area contributed by atoms with Gasteiger partial charge in [-0.3, -0.25) is 0 Å². The van der Waals surface area contributed by atoms with Crippen molar-refractivity contribution in [2.75, 3.05) is 46.2 Å². The van der Waals surface area contributed by atoms with Crippen LogP contribution in [0.1, 0.15) is 102 Å². The van der Waals surface area contributed by atoms with Crippen molar-refractivity contribution in [1.29, 1.82) is 0 Å². The van der Waals surface area contributed by atoms with E-state index in [4.69, 9.17) is 99.5 Å². The molecule has 0 aromatic heterocycles. The van der Waals surface area contributed by atoms with E-state index in [9.17, 15) is 0 Å². The molecule has 148 heavy (non-hydrogen) atoms. The maximum Gasteiger partial charge on any atom is 0.340 e. The molecule has 26 nitrogen and oxygen atoms in total. The fourth-order valence-corrected chi connectivity index (χ4v) is 15.9. The van der Waals surface area contributed by atoms with Crippen molar-refractivity contribution in [2.45, 2.75) is 90.2 Å². The van der Waals surface area contributed by atoms with Crippen LogP contribution in [0, 0.1) is 0 Å². The Hall–Kier alpha value is -18.2. The van der Waals surface area contributed by atoms with Gasteiger partial charge in [-0.25, -0.2) is 24.0 Å². The van der Waals surface area contributed by atoms with E-state index in [-0.39, 0.29) is 213 Å². The summed E-state index contributed by atoms with van der Waals surface area (Å²) in [6.45, 7) is 20.3. The Morgan fingerprint density at radius 3 is 0.736 bits per heavy atom. The van der Waals surface area contributed by atoms with Crippen LogP contribution in [-0.4, -0.2) is 107 Å². The first kappa shape index (κ1) is 103. The molecule has 0 saturated carbocycles. The molecule has 0 spiro atoms. The van der Waals surface area contributed by atoms with Gasteiger partial charge in [-0.2, -0.15) is 0 Å². The summed E-state index contributed by atoms with van der Waals surface area (Å²) in [4.78, 5) is 84.6. The zero-order chi connectivity index (χ0) is 103. The van der Waals surface area contributed by atoms with Crippen LogP contribution in [0.4, 0.5) is 0 Å². The van der Waals surface area contributed by atoms with Gasteiger partial charge < -0.3 is 99.5 Å². The molecule has 0 bridgehead atoms. The number of carbonyl (C=O) groups is 5. The topological polar surface area (TPSA) is 279 Å². The van der Waals surface area contributed by atoms with Crippen LogP contribution >= 0.6 is 0 Å². The number of esters is 5. The van der Waals surface area contributed by atoms with E-state index in [1.165, 1.54) is 85.0 Å². The van der Waals surface area contributed by atoms with Crippen molar-refractivity contribution in [3.8, 4) is 97.4 Å². The van der Waals surface area contributed by atoms with Gasteiger partial charge >= 0.3 is 29.8 Å². The van der Waals surface area contributed by atoms with Gasteiger partial charge in [-0.15, -0.1) is 0 Å². The third kappa shape index (κ3) is 27.0. The monoisotopic (exact) mass is 1990 g/mol. The largest absolute Gasteiger partial charge is 0.485 e. The van der Waals surface area contributed by atoms with E-state index in [2.05, 4.69) is 39.5 Å². The average molecular weight is 1990 g/mol. The Bertz CT molecular complexity index is 6800. The van der Waals surface area contributed by atoms with Gasteiger partial charge in [0.25, 0.3) is 0 Å². The zero-order valence-corrected chi connectivity index (χ0v) is 81.1. The molecule has 16 rings (SSSR count). The van der Waals surface area contributed by atoms with E-state index in [0.29, 0.717) is 33.4 Å². The smallest absolute Gasteiger partial charge is 0.340 e. The molecule has 14 aromatic rings. The van der Waals surface area contributed by atoms with Crippen molar-refractivity contribution in [1.82, 2.24) is 0 Å². The molecule has 26 heteroatoms. The Balaban J connectivity index is 0.963. The molecule has 2 aliphatic heterocycles. The van der Waals surface area contributed by atoms with E-state index in [1.807, 2.05) is 273 Å². The van der Waals surface area contributed by atoms with Gasteiger partial charge in [0.15, 0.2) is 69.7 Å². The third-order valence-corrected chi connectivity index (χ3v) is 23.0. The lowest BCUT2D eigenvalue weighted by Gasteiger charge is -2.44. The predicted molar refractivity (Wildman–Crippen MR) is 554 cm³/mol. The van der Waals surface area contributed by atoms with Crippen molar-refractivity contribution in [3.05, 3.63) is 475 Å². The average Bonchev–Trinajstić information content (AvgIpc) is 0.724. The lowest BCUT2D eigenvalue weighted by Crippen LogP contribution is -2.63. The molecule has 0 amide bonds. The first-order valence-electron chi connectivity index (χ1n) is 47.8. The summed E-state index contributed by atoms with van der Waals surface area (Å²) < 4.78 is 143. The van der Waals surface area contributed by atoms with E-state index < -0.39 is 78.3 Å². The number of rotatable bonds is 52. The van der Waals surface area contributed by atoms with Gasteiger partial charge in [0, 0.05) is 11.1 Å². The normalized spacial score (nSPS) is 14.3. The predicted octanol–water partition coefficient (Wildman–Crippen LogP) is 23.7. The molecule has 1 saturated heterocycles. The highest BCUT2D eigenvalue weighted by atomic mass is 16.8. The molecule has 2 aliphatic rings. The van der Waals surface area contributed by atoms with Gasteiger partial charge in [0.1, 0.15) is 112 Å². The first-order chi connectivity index (χ1) is 72.7. The molecule has 0 unspecified atom stereocenters. The highest BCUT2D eigenvalue weighted by Gasteiger charge is 2.56. The van der Waals surface area contributed by atoms with Crippen LogP contribution < -0.4 is 71.1 Å². The third-order valence-electron chi connectivity index (χ3n) is 23.0. The maximum absolute atomic E-state index is 18.0. The van der Waals surface area contributed by atoms with Crippen LogP contribution in [-0.2, 0) is 87.9 Å². The van der Waals surface area contributed by atoms with E-state index >= 15 is 24.0 Å². The summed E-state index contributed by atoms with van der Waals surface area (Å²) >= 11 is 0. The Morgan fingerprint density at radius 1 is 0.250 bits per heavy atom. The Labute approximate surface area is 857 Å². The van der Waals surface area contributed by atoms with E-state index in [0.717, 1.165) is 16.7 Å². The van der Waals surface area contributed by atoms with Crippen molar-refractivity contribution in [3.63, 3.8) is 0 Å². The number of benzene rings is 14. The minimum Gasteiger partial charge on any atom is -0.485 e. The standard InChI is InChI=1S/C122H108O26/c1-7-58-128-96-64-91(65-97(129-59-8-2)107(96)136-74-84-44-26-15-27-45-84)117(123)143-81-104-112-115(116(147-118(124)92-66-98(130-60-9-3)108(99(67-92)131-61-10-4)137-75-85-46-28-16-29-47-85)122(144-104)148-119(125)93-68-100(132-62-11-5)109(101(69-93)133-63-12-6)138-76-86-48-30-17-31-49-86)146-121(127)95-71-103(135-73-83-42-24-14-25-43-83)111(140-78-88-52-34-19-35-53-88)114(142-80-90-56-38-21-39-57-90)106(95)105-94(120(126)145-112)70-102(134-72-82-40-22-13-23-41-82)110(139-77-87-50-32-18-33-51-87)113(105)141-79-89-54-36-20-37-55-89/h7-57,64-71,104,112,115-116,122H,1-6,58-63,72-81H2/t104-,112-,115+,116-,122+/m1/s1. The van der Waals surface area contributed by atoms with Crippen LogP contribution in [0.3, 0.4) is 0 Å². The van der Waals surface area contributed by atoms with Gasteiger partial charge in [-0.05, 0) is 98.6 Å². The second kappa shape index (κ2) is 52.2. The van der Waals surface area contributed by atoms with Crippen molar-refractivity contribution in [2.24, 2.45) is 0 Å². The number of hydrogen-bond acceptors (Lipinski definition) is 26. The number of ether oxygens (including phenoxy) is 21. The maximum atomic E-state index is 18.0. The first-order valence-corrected chi connectivity index (χ1v) is 47.8. The summed E-state index contributed by atoms with van der Waals surface area (Å²) in [5.41, 5.74) is 3.89. The molecule has 0 radical (unpaired) electrons. The molecule has 0 N–H and O–H groups in total. The second-order valence-corrected chi connectivity index (χ2v) is 33.5. The summed E-state index contributed by atoms with van der Waals surface area (Å²) in [5.74, 6) is -7.29. The van der Waals surface area contributed by atoms with Crippen molar-refractivity contribution < 1.29 is 123 Å². The number of fused-ring (bicyclic) bond motifs is 4. The van der Waals surface area contributed by atoms with Crippen LogP contribution in [0.5, 0.6) is 86.2 Å². The minimum atomic E-state index is -2.41. The van der Waals surface area contributed by atoms with Crippen LogP contribution in [0.2, 0.25) is 0 Å². The number of hydrogen-bond donors (Lipinski definition) is 0. The molecule has 14 aromatic carbocycles. The SMILES string of the molecule is C=CCOc1cc(C(=O)OC[C@H]2O[C@@H](OC(=O)c3cc(OCC=C)c(OCc4ccccc4)c(OCC=C)c3)[C@H](OC(=O)c3cc(OCC=C)c(OCc4ccccc4)c(OCC=C)c3)[C@H]3OC(=O)c4cc(OCc5ccccc5)c(OCc5ccccc5)c(OCc5ccccc5)c4-c4c(cc(OCc5ccccc5)c(OCc5ccccc5)c4OCc4ccccc4)C(=O)O[C@@H]32)cc(OCC=C)c1OCc1ccccc1. The quantitative estimate of drug-likeness (QED) is 0.0194. The van der Waals surface area contributed by atoms with Crippen LogP contribution in [0.15, 0.2) is 397 Å². The summed E-state index contributed by atoms with van der Waals surface area (Å²) in [5, 5.41) is 0. The zero-order valence-electron chi connectivity index (χ0n) is 81.1.